The Labute approximate surface area is 245 Å². The molecule has 0 spiro atoms. The summed E-state index contributed by atoms with van der Waals surface area (Å²) in [6, 6.07) is 0. The van der Waals surface area contributed by atoms with Gasteiger partial charge in [0.2, 0.25) is 0 Å². The minimum Gasteiger partial charge on any atom is -0.392 e. The molecule has 0 aliphatic rings. The van der Waals surface area contributed by atoms with Crippen LogP contribution in [0.1, 0.15) is 66.2 Å². The third-order valence-electron chi connectivity index (χ3n) is 6.28. The van der Waals surface area contributed by atoms with Crippen LogP contribution < -0.4 is 0 Å². The smallest absolute Gasteiger partial charge is 0.0681 e. The lowest BCUT2D eigenvalue weighted by Crippen LogP contribution is -1.94. The van der Waals surface area contributed by atoms with Crippen LogP contribution in [0, 0.1) is 11.8 Å². The fourth-order valence-corrected chi connectivity index (χ4v) is 3.44. The second-order valence-electron chi connectivity index (χ2n) is 9.96. The van der Waals surface area contributed by atoms with Gasteiger partial charge in [-0.3, -0.25) is 0 Å². The van der Waals surface area contributed by atoms with Gasteiger partial charge in [0.1, 0.15) is 0 Å². The molecule has 0 fully saturated rings. The van der Waals surface area contributed by atoms with Crippen LogP contribution in [0.15, 0.2) is 156 Å². The van der Waals surface area contributed by atoms with E-state index in [0.717, 1.165) is 63.8 Å². The lowest BCUT2D eigenvalue weighted by molar-refractivity contribution is 0.334. The average Bonchev–Trinajstić information content (AvgIpc) is 2.93. The lowest BCUT2D eigenvalue weighted by Gasteiger charge is -2.11. The molecule has 0 aliphatic heterocycles. The van der Waals surface area contributed by atoms with Crippen LogP contribution in [0.2, 0.25) is 0 Å². The third kappa shape index (κ3) is 14.9. The molecule has 40 heavy (non-hydrogen) atoms. The highest BCUT2D eigenvalue weighted by Crippen LogP contribution is 2.24. The Kier molecular flexibility index (Phi) is 18.2. The van der Waals surface area contributed by atoms with Crippen molar-refractivity contribution < 1.29 is 5.11 Å². The van der Waals surface area contributed by atoms with Gasteiger partial charge >= 0.3 is 0 Å². The maximum atomic E-state index is 9.30. The summed E-state index contributed by atoms with van der Waals surface area (Å²) in [6.07, 6.45) is 20.0. The van der Waals surface area contributed by atoms with Gasteiger partial charge in [0, 0.05) is 11.1 Å². The largest absolute Gasteiger partial charge is 0.392 e. The van der Waals surface area contributed by atoms with Gasteiger partial charge in [0.05, 0.1) is 6.61 Å². The molecule has 1 heteroatoms. The molecular weight excluding hydrogens is 484 g/mol. The van der Waals surface area contributed by atoms with E-state index in [4.69, 9.17) is 0 Å². The summed E-state index contributed by atoms with van der Waals surface area (Å²) in [6.45, 7) is 40.8. The first-order chi connectivity index (χ1) is 18.9. The normalized spacial score (nSPS) is 12.2. The van der Waals surface area contributed by atoms with Crippen molar-refractivity contribution in [2.45, 2.75) is 66.2 Å². The van der Waals surface area contributed by atoms with Crippen LogP contribution >= 0.6 is 0 Å². The van der Waals surface area contributed by atoms with E-state index in [2.05, 4.69) is 84.4 Å². The molecule has 212 valence electrons. The van der Waals surface area contributed by atoms with Gasteiger partial charge in [-0.1, -0.05) is 140 Å². The van der Waals surface area contributed by atoms with Crippen LogP contribution in [0.3, 0.4) is 0 Å². The van der Waals surface area contributed by atoms with Crippen LogP contribution in [-0.2, 0) is 0 Å². The highest BCUT2D eigenvalue weighted by molar-refractivity contribution is 5.56. The average molecular weight is 535 g/mol. The molecule has 0 rings (SSSR count). The zero-order valence-electron chi connectivity index (χ0n) is 25.6. The maximum Gasteiger partial charge on any atom is 0.0681 e. The fourth-order valence-electron chi connectivity index (χ4n) is 3.44. The van der Waals surface area contributed by atoms with Gasteiger partial charge in [-0.2, -0.15) is 0 Å². The predicted octanol–water partition coefficient (Wildman–Crippen LogP) is 10.7. The standard InChI is InChI=1S/C39H50O/c1-13-15-16-17-21-39(27-34(9)31(6)20-18-19-29(3)4)33(8)25-23-30(5)22-24-32(7)37(12)38(14-2)26-35(10)36(11)28-40/h18-20,22,24,26-27,40H,3,5,7-17,21,28H2,1-2,4,6H3/b19-18+,24-22-,31-20+,38-26-,39-27-. The third-order valence-corrected chi connectivity index (χ3v) is 6.28. The molecular formula is C39H50O. The number of hydrogen-bond acceptors (Lipinski definition) is 1. The van der Waals surface area contributed by atoms with E-state index in [9.17, 15) is 5.11 Å². The Hall–Kier alpha value is -3.86. The van der Waals surface area contributed by atoms with Gasteiger partial charge < -0.3 is 5.11 Å². The molecule has 0 aromatic carbocycles. The quantitative estimate of drug-likeness (QED) is 0.105. The minimum absolute atomic E-state index is 0.129. The first-order valence-electron chi connectivity index (χ1n) is 13.9. The summed E-state index contributed by atoms with van der Waals surface area (Å²) >= 11 is 0. The molecule has 1 nitrogen and oxygen atoms in total. The number of allylic oxidation sites excluding steroid dienone is 16. The summed E-state index contributed by atoms with van der Waals surface area (Å²) in [7, 11) is 0. The molecule has 0 bridgehead atoms. The second kappa shape index (κ2) is 20.1. The molecule has 0 amide bonds. The molecule has 0 radical (unpaired) electrons. The number of aliphatic hydroxyl groups excluding tert-OH is 1. The van der Waals surface area contributed by atoms with Gasteiger partial charge in [0.25, 0.3) is 0 Å². The summed E-state index contributed by atoms with van der Waals surface area (Å²) < 4.78 is 0. The van der Waals surface area contributed by atoms with E-state index in [1.54, 1.807) is 0 Å². The number of hydrogen-bond donors (Lipinski definition) is 1. The molecule has 0 aliphatic carbocycles. The van der Waals surface area contributed by atoms with E-state index in [1.807, 2.05) is 50.3 Å². The molecule has 0 aromatic heterocycles. The minimum atomic E-state index is -0.129. The van der Waals surface area contributed by atoms with Gasteiger partial charge in [0.15, 0.2) is 0 Å². The molecule has 0 aromatic rings. The summed E-state index contributed by atoms with van der Waals surface area (Å²) in [5.41, 5.74) is 9.36. The summed E-state index contributed by atoms with van der Waals surface area (Å²) in [5.74, 6) is 6.33. The van der Waals surface area contributed by atoms with Crippen molar-refractivity contribution in [2.75, 3.05) is 6.61 Å². The van der Waals surface area contributed by atoms with Gasteiger partial charge in [-0.15, -0.1) is 0 Å². The van der Waals surface area contributed by atoms with Crippen molar-refractivity contribution in [3.63, 3.8) is 0 Å². The first kappa shape index (κ1) is 36.1. The van der Waals surface area contributed by atoms with E-state index in [-0.39, 0.29) is 6.61 Å². The zero-order chi connectivity index (χ0) is 30.7. The summed E-state index contributed by atoms with van der Waals surface area (Å²) in [4.78, 5) is 0. The first-order valence-corrected chi connectivity index (χ1v) is 13.9. The van der Waals surface area contributed by atoms with E-state index >= 15 is 0 Å². The topological polar surface area (TPSA) is 20.2 Å². The Morgan fingerprint density at radius 1 is 0.725 bits per heavy atom. The number of aliphatic hydroxyl groups is 1. The van der Waals surface area contributed by atoms with Crippen molar-refractivity contribution in [1.82, 2.24) is 0 Å². The molecule has 0 saturated heterocycles. The van der Waals surface area contributed by atoms with Crippen LogP contribution in [0.4, 0.5) is 0 Å². The molecule has 0 unspecified atom stereocenters. The van der Waals surface area contributed by atoms with Crippen LogP contribution in [-0.4, -0.2) is 11.7 Å². The molecule has 0 heterocycles. The Morgan fingerprint density at radius 2 is 1.38 bits per heavy atom. The van der Waals surface area contributed by atoms with E-state index in [0.29, 0.717) is 16.7 Å². The maximum absolute atomic E-state index is 9.30. The Morgan fingerprint density at radius 3 is 1.95 bits per heavy atom. The van der Waals surface area contributed by atoms with Crippen molar-refractivity contribution in [3.8, 4) is 11.8 Å². The zero-order valence-corrected chi connectivity index (χ0v) is 25.6. The summed E-state index contributed by atoms with van der Waals surface area (Å²) in [5, 5.41) is 9.30. The van der Waals surface area contributed by atoms with Crippen molar-refractivity contribution >= 4 is 0 Å². The van der Waals surface area contributed by atoms with E-state index < -0.39 is 0 Å². The predicted molar refractivity (Wildman–Crippen MR) is 181 cm³/mol. The molecule has 0 saturated carbocycles. The van der Waals surface area contributed by atoms with E-state index in [1.165, 1.54) is 19.3 Å². The SMILES string of the molecule is C=C(C#CC(=C)/C(=C\C(=C)/C(C)=C/C=C/C(=C)C)CCCCCC)/C=C\C(=C)C(=C)/C(=C\C(=C)C(=C)CO)CC. The lowest BCUT2D eigenvalue weighted by atomic mass is 9.94. The van der Waals surface area contributed by atoms with Crippen molar-refractivity contribution in [3.05, 3.63) is 156 Å². The highest BCUT2D eigenvalue weighted by Gasteiger charge is 2.06. The van der Waals surface area contributed by atoms with Crippen molar-refractivity contribution in [1.29, 1.82) is 0 Å². The number of unbranched alkanes of at least 4 members (excludes halogenated alkanes) is 3. The Bertz CT molecular complexity index is 1230. The molecule has 1 N–H and O–H groups in total. The van der Waals surface area contributed by atoms with Crippen molar-refractivity contribution in [2.24, 2.45) is 0 Å². The van der Waals surface area contributed by atoms with Gasteiger partial charge in [-0.25, -0.2) is 0 Å². The second-order valence-corrected chi connectivity index (χ2v) is 9.96. The monoisotopic (exact) mass is 534 g/mol. The highest BCUT2D eigenvalue weighted by atomic mass is 16.3. The van der Waals surface area contributed by atoms with Crippen LogP contribution in [0.25, 0.3) is 0 Å². The molecule has 0 atom stereocenters. The fraction of sp³-hybridized carbons (Fsp3) is 0.282. The Balaban J connectivity index is 5.70. The van der Waals surface area contributed by atoms with Crippen LogP contribution in [0.5, 0.6) is 0 Å². The number of rotatable bonds is 18. The van der Waals surface area contributed by atoms with Gasteiger partial charge in [-0.05, 0) is 83.8 Å².